The van der Waals surface area contributed by atoms with Gasteiger partial charge in [-0.15, -0.1) is 0 Å². The van der Waals surface area contributed by atoms with E-state index in [0.717, 1.165) is 173 Å². The lowest BCUT2D eigenvalue weighted by Gasteiger charge is -2.21. The van der Waals surface area contributed by atoms with Gasteiger partial charge in [0.15, 0.2) is 12.2 Å². The van der Waals surface area contributed by atoms with Crippen LogP contribution in [0.15, 0.2) is 146 Å². The third-order valence-electron chi connectivity index (χ3n) is 16.8. The molecule has 0 fully saturated rings. The SMILES string of the molecule is CC/C=C\C/C=C\C/C=C\C/C=C\C/C=C\C/C=C\CCC(=O)OCC(COP(=O)(O)OCC(O)COP(=O)(O)OCC(COC(=O)CCCCCCCCC/C=C\C/C=C\C/C=C\CC)OC(=O)CCCCCCC/C=C\C/C=C\C/C=C\CC)OC(=O)CCCCCCCCCCCCCCCCC. The number of carbonyl (C=O) groups excluding carboxylic acids is 4. The van der Waals surface area contributed by atoms with Crippen LogP contribution in [0, 0.1) is 0 Å². The number of phosphoric ester groups is 2. The molecule has 0 heterocycles. The van der Waals surface area contributed by atoms with Gasteiger partial charge in [0.2, 0.25) is 0 Å². The zero-order valence-corrected chi connectivity index (χ0v) is 68.1. The number of esters is 4. The lowest BCUT2D eigenvalue weighted by atomic mass is 10.0. The predicted octanol–water partition coefficient (Wildman–Crippen LogP) is 24.2. The Morgan fingerprint density at radius 3 is 0.811 bits per heavy atom. The Hall–Kier alpha value is -5.06. The van der Waals surface area contributed by atoms with Crippen LogP contribution in [-0.2, 0) is 65.4 Å². The molecule has 0 bridgehead atoms. The minimum atomic E-state index is -5.00. The fraction of sp³-hybridized carbons (Fsp3) is 0.678. The van der Waals surface area contributed by atoms with Crippen molar-refractivity contribution >= 4 is 39.5 Å². The van der Waals surface area contributed by atoms with E-state index >= 15 is 0 Å². The monoisotopic (exact) mass is 1530 g/mol. The van der Waals surface area contributed by atoms with Gasteiger partial charge in [-0.05, 0) is 128 Å². The van der Waals surface area contributed by atoms with Gasteiger partial charge in [0.05, 0.1) is 26.4 Å². The number of ether oxygens (including phenoxy) is 4. The smallest absolute Gasteiger partial charge is 0.462 e. The molecule has 0 rings (SSSR count). The quantitative estimate of drug-likeness (QED) is 0.0169. The van der Waals surface area contributed by atoms with Crippen molar-refractivity contribution in [1.29, 1.82) is 0 Å². The minimum absolute atomic E-state index is 0.0346. The standard InChI is InChI=1S/C87H146O17P2/c1-5-9-13-17-21-25-29-33-37-39-40-42-46-48-52-56-60-64-68-72-85(90)98-78-83(104-87(92)74-70-66-62-58-54-50-44-36-32-28-24-20-16-12-8-4)80-102-106(95,96)100-76-81(88)75-99-105(93,94)101-79-82(103-86(91)73-69-65-61-57-53-49-43-35-31-27-23-19-15-11-7-3)77-97-84(89)71-67-63-59-55-51-47-45-41-38-34-30-26-22-18-14-10-6-2/h9-11,13-15,21-23,25-27,33-35,37-38,40,42-43,48,52,60,64,81-83,88H,5-8,12,16-20,24,28-32,36,39,41,44-47,49-51,53-59,61-63,65-80H2,1-4H3,(H,93,94)(H,95,96)/b13-9-,14-10-,15-11-,25-21-,26-22-,27-23-,37-33-,38-34-,42-40-,43-35-,52-48-,64-60-. The molecule has 3 N–H and O–H groups in total. The molecule has 606 valence electrons. The molecule has 0 spiro atoms. The van der Waals surface area contributed by atoms with E-state index in [0.29, 0.717) is 32.1 Å². The molecule has 0 aliphatic heterocycles. The Balaban J connectivity index is 5.44. The van der Waals surface area contributed by atoms with Gasteiger partial charge in [-0.3, -0.25) is 37.3 Å². The first-order chi connectivity index (χ1) is 51.7. The molecule has 0 aliphatic carbocycles. The number of hydrogen-bond acceptors (Lipinski definition) is 15. The first kappa shape index (κ1) is 101. The maximum absolute atomic E-state index is 13.1. The average Bonchev–Trinajstić information content (AvgIpc) is 0.909. The van der Waals surface area contributed by atoms with Gasteiger partial charge >= 0.3 is 39.5 Å². The third kappa shape index (κ3) is 77.1. The molecule has 17 nitrogen and oxygen atoms in total. The van der Waals surface area contributed by atoms with Gasteiger partial charge in [0.25, 0.3) is 0 Å². The maximum atomic E-state index is 13.1. The summed E-state index contributed by atoms with van der Waals surface area (Å²) in [5.41, 5.74) is 0. The van der Waals surface area contributed by atoms with Crippen molar-refractivity contribution in [3.05, 3.63) is 146 Å². The second-order valence-corrected chi connectivity index (χ2v) is 29.8. The molecule has 0 saturated heterocycles. The van der Waals surface area contributed by atoms with Crippen LogP contribution in [0.5, 0.6) is 0 Å². The Bertz CT molecular complexity index is 2580. The van der Waals surface area contributed by atoms with Gasteiger partial charge in [-0.1, -0.05) is 315 Å². The van der Waals surface area contributed by atoms with Crippen LogP contribution >= 0.6 is 15.6 Å². The van der Waals surface area contributed by atoms with E-state index in [2.05, 4.69) is 155 Å². The van der Waals surface area contributed by atoms with Gasteiger partial charge in [-0.2, -0.15) is 0 Å². The number of rotatable bonds is 76. The summed E-state index contributed by atoms with van der Waals surface area (Å²) in [6.45, 7) is 4.45. The molecule has 0 amide bonds. The summed E-state index contributed by atoms with van der Waals surface area (Å²) in [6, 6.07) is 0. The number of hydrogen-bond donors (Lipinski definition) is 3. The molecular weight excluding hydrogens is 1380 g/mol. The summed E-state index contributed by atoms with van der Waals surface area (Å²) in [7, 11) is -9.99. The van der Waals surface area contributed by atoms with Crippen LogP contribution in [0.2, 0.25) is 0 Å². The Morgan fingerprint density at radius 1 is 0.274 bits per heavy atom. The van der Waals surface area contributed by atoms with Crippen molar-refractivity contribution in [3.63, 3.8) is 0 Å². The number of unbranched alkanes of at least 4 members (excludes halogenated alkanes) is 26. The fourth-order valence-corrected chi connectivity index (χ4v) is 12.3. The summed E-state index contributed by atoms with van der Waals surface area (Å²) in [6.07, 6.45) is 89.7. The van der Waals surface area contributed by atoms with E-state index in [-0.39, 0.29) is 25.7 Å². The topological polar surface area (TPSA) is 237 Å². The largest absolute Gasteiger partial charge is 0.472 e. The highest BCUT2D eigenvalue weighted by Crippen LogP contribution is 2.45. The molecule has 0 saturated carbocycles. The van der Waals surface area contributed by atoms with Gasteiger partial charge in [0, 0.05) is 25.7 Å². The molecule has 0 aliphatic rings. The van der Waals surface area contributed by atoms with Gasteiger partial charge in [-0.25, -0.2) is 9.13 Å². The second kappa shape index (κ2) is 78.1. The lowest BCUT2D eigenvalue weighted by molar-refractivity contribution is -0.161. The van der Waals surface area contributed by atoms with Crippen LogP contribution in [0.4, 0.5) is 0 Å². The van der Waals surface area contributed by atoms with Crippen molar-refractivity contribution < 1.29 is 80.2 Å². The van der Waals surface area contributed by atoms with Crippen molar-refractivity contribution in [3.8, 4) is 0 Å². The van der Waals surface area contributed by atoms with Crippen LogP contribution in [-0.4, -0.2) is 96.7 Å². The zero-order valence-electron chi connectivity index (χ0n) is 66.3. The van der Waals surface area contributed by atoms with Crippen molar-refractivity contribution in [2.75, 3.05) is 39.6 Å². The molecule has 19 heteroatoms. The average molecular weight is 1530 g/mol. The second-order valence-electron chi connectivity index (χ2n) is 26.9. The van der Waals surface area contributed by atoms with E-state index in [1.54, 1.807) is 0 Å². The highest BCUT2D eigenvalue weighted by molar-refractivity contribution is 7.47. The number of phosphoric acid groups is 2. The molecular formula is C87H146O17P2. The Kier molecular flexibility index (Phi) is 74.3. The predicted molar refractivity (Wildman–Crippen MR) is 436 cm³/mol. The maximum Gasteiger partial charge on any atom is 0.472 e. The lowest BCUT2D eigenvalue weighted by Crippen LogP contribution is -2.30. The number of aliphatic hydroxyl groups is 1. The fourth-order valence-electron chi connectivity index (χ4n) is 10.7. The van der Waals surface area contributed by atoms with E-state index in [1.165, 1.54) is 64.2 Å². The molecule has 5 unspecified atom stereocenters. The van der Waals surface area contributed by atoms with Gasteiger partial charge in [0.1, 0.15) is 19.3 Å². The number of allylic oxidation sites excluding steroid dienone is 24. The van der Waals surface area contributed by atoms with E-state index in [9.17, 15) is 43.2 Å². The number of carbonyl (C=O) groups is 4. The van der Waals surface area contributed by atoms with E-state index < -0.39 is 97.5 Å². The van der Waals surface area contributed by atoms with Crippen molar-refractivity contribution in [2.45, 2.75) is 341 Å². The van der Waals surface area contributed by atoms with Crippen LogP contribution in [0.1, 0.15) is 323 Å². The molecule has 0 aromatic heterocycles. The molecule has 106 heavy (non-hydrogen) atoms. The van der Waals surface area contributed by atoms with Gasteiger partial charge < -0.3 is 33.8 Å². The first-order valence-corrected chi connectivity index (χ1v) is 44.1. The Labute approximate surface area is 643 Å². The van der Waals surface area contributed by atoms with Crippen LogP contribution in [0.3, 0.4) is 0 Å². The highest BCUT2D eigenvalue weighted by Gasteiger charge is 2.30. The summed E-state index contributed by atoms with van der Waals surface area (Å²) in [5.74, 6) is -2.30. The number of aliphatic hydroxyl groups excluding tert-OH is 1. The third-order valence-corrected chi connectivity index (χ3v) is 18.7. The van der Waals surface area contributed by atoms with Crippen LogP contribution < -0.4 is 0 Å². The molecule has 0 aromatic rings. The van der Waals surface area contributed by atoms with Crippen molar-refractivity contribution in [1.82, 2.24) is 0 Å². The highest BCUT2D eigenvalue weighted by atomic mass is 31.2. The summed E-state index contributed by atoms with van der Waals surface area (Å²) in [5, 5.41) is 10.7. The van der Waals surface area contributed by atoms with Crippen LogP contribution in [0.25, 0.3) is 0 Å². The molecule has 0 aromatic carbocycles. The first-order valence-electron chi connectivity index (χ1n) is 41.1. The minimum Gasteiger partial charge on any atom is -0.462 e. The summed E-state index contributed by atoms with van der Waals surface area (Å²) < 4.78 is 68.6. The molecule has 5 atom stereocenters. The normalized spacial score (nSPS) is 14.6. The molecule has 0 radical (unpaired) electrons. The zero-order chi connectivity index (χ0) is 77.4. The van der Waals surface area contributed by atoms with Crippen molar-refractivity contribution in [2.24, 2.45) is 0 Å². The van der Waals surface area contributed by atoms with E-state index in [1.807, 2.05) is 18.2 Å². The van der Waals surface area contributed by atoms with E-state index in [4.69, 9.17) is 37.0 Å². The summed E-state index contributed by atoms with van der Waals surface area (Å²) >= 11 is 0. The summed E-state index contributed by atoms with van der Waals surface area (Å²) in [4.78, 5) is 73.1. The Morgan fingerprint density at radius 2 is 0.509 bits per heavy atom.